The van der Waals surface area contributed by atoms with Gasteiger partial charge in [-0.25, -0.2) is 4.79 Å². The molecule has 3 fully saturated rings. The van der Waals surface area contributed by atoms with Crippen LogP contribution in [-0.4, -0.2) is 103 Å². The predicted molar refractivity (Wildman–Crippen MR) is 402 cm³/mol. The molecule has 20 nitrogen and oxygen atoms in total. The Morgan fingerprint density at radius 3 is 1.78 bits per heavy atom. The standard InChI is InChI=1S/C30H52O.C27H36O5.C22H18O11.C6H13NO2/c1-21(2)13-10-14-22(3)15-11-16-23(4)17-12-19-30(9)20-18-28-26(7)24(5)25(6)27(8)29(28)31-30;1-24-6-5-16-18-13-19(28)15-11-20(29)21(30)12-17(15)26(18,3)9-10-27(16,4)22(24)14-25(2,8-7-24)23(31)32;23-10-5-12(24)11-7-18(33-22(31)9-3-15(27)20(30)16(28)4-9)21(32-17(11)6-10)8-1-13(25)19(29)14(26)2-8;7-5-3-1-2-4-6(8)9/h21-23H,10-20H2,1-9H3;11-12,16,18,22,29-30H,5-10,13-14H2,1-4H3,(H,31,32);1-6,18,21,23-30H,7H2;1-5,7H2,(H,8,9)/t22-,23-,30-;;18-,21-;/m1.1./s1. The van der Waals surface area contributed by atoms with E-state index in [1.807, 2.05) is 6.92 Å². The average Bonchev–Trinajstić information content (AvgIpc) is 0.692. The molecule has 2 heterocycles. The SMILES string of the molecule is CC1(C(=O)O)CCC2(C)CCC3C4CC(=O)c5cc(O)c(O)cc5C4(C)CCC3(C)C2C1.Cc1c(C)c(C)c2c(c1C)CC[C@@](C)(CCC[C@H](C)CCC[C@H](C)CCCC(C)C)O2.NCCCCCC(=O)O.O=C(O[C@@H]1Cc2c(O)cc(O)cc2O[C@@H]1c1cc(O)c(O)c(O)c1)c1cc(O)c(O)c(O)c1. The summed E-state index contributed by atoms with van der Waals surface area (Å²) in [7, 11) is 0. The van der Waals surface area contributed by atoms with Crippen molar-refractivity contribution < 1.29 is 94.7 Å². The van der Waals surface area contributed by atoms with E-state index in [1.165, 1.54) is 110 Å². The fraction of sp³-hybridized carbons (Fsp3) is 0.600. The Balaban J connectivity index is 0.000000188. The van der Waals surface area contributed by atoms with Gasteiger partial charge in [-0.05, 0) is 253 Å². The third-order valence-electron chi connectivity index (χ3n) is 25.4. The number of hydrogen-bond donors (Lipinski definition) is 13. The van der Waals surface area contributed by atoms with E-state index >= 15 is 0 Å². The first-order valence-corrected chi connectivity index (χ1v) is 38.2. The summed E-state index contributed by atoms with van der Waals surface area (Å²) in [6, 6.07) is 9.24. The highest BCUT2D eigenvalue weighted by Crippen LogP contribution is 2.71. The van der Waals surface area contributed by atoms with Gasteiger partial charge in [-0.15, -0.1) is 0 Å². The number of rotatable bonds is 21. The number of phenolic OH excluding ortho intramolecular Hbond substituents is 10. The smallest absolute Gasteiger partial charge is 0.338 e. The molecule has 14 N–H and O–H groups in total. The lowest BCUT2D eigenvalue weighted by atomic mass is 9.37. The van der Waals surface area contributed by atoms with E-state index in [1.54, 1.807) is 6.07 Å². The van der Waals surface area contributed by atoms with Gasteiger partial charge in [0.05, 0.1) is 11.0 Å². The van der Waals surface area contributed by atoms with Crippen LogP contribution in [0.4, 0.5) is 0 Å². The van der Waals surface area contributed by atoms with Crippen LogP contribution in [0.1, 0.15) is 275 Å². The Morgan fingerprint density at radius 2 is 1.18 bits per heavy atom. The van der Waals surface area contributed by atoms with Crippen LogP contribution in [0.15, 0.2) is 48.5 Å². The molecule has 578 valence electrons. The van der Waals surface area contributed by atoms with Crippen molar-refractivity contribution in [2.45, 2.75) is 267 Å². The van der Waals surface area contributed by atoms with Crippen LogP contribution < -0.4 is 15.2 Å². The number of nitrogens with two attached hydrogens (primary N) is 1. The molecule has 105 heavy (non-hydrogen) atoms. The molecule has 6 aliphatic rings. The van der Waals surface area contributed by atoms with E-state index in [-0.39, 0.29) is 91.8 Å². The van der Waals surface area contributed by atoms with Crippen LogP contribution in [-0.2, 0) is 32.6 Å². The number of ketones is 1. The normalized spacial score (nSPS) is 26.0. The average molecular weight is 1460 g/mol. The molecular formula is C85H119NO19. The van der Waals surface area contributed by atoms with Crippen LogP contribution in [0, 0.1) is 79.4 Å². The molecule has 11 rings (SSSR count). The number of carbonyl (C=O) groups is 4. The Kier molecular flexibility index (Phi) is 26.4. The minimum atomic E-state index is -1.18. The highest BCUT2D eigenvalue weighted by molar-refractivity contribution is 6.00. The molecular weight excluding hydrogens is 1340 g/mol. The van der Waals surface area contributed by atoms with Crippen molar-refractivity contribution in [3.8, 4) is 69.0 Å². The molecule has 0 spiro atoms. The van der Waals surface area contributed by atoms with Crippen molar-refractivity contribution in [2.75, 3.05) is 6.54 Å². The first kappa shape index (κ1) is 82.4. The number of fused-ring (bicyclic) bond motifs is 9. The lowest BCUT2D eigenvalue weighted by Crippen LogP contribution is -2.61. The summed E-state index contributed by atoms with van der Waals surface area (Å²) in [4.78, 5) is 48.0. The van der Waals surface area contributed by atoms with Gasteiger partial charge >= 0.3 is 17.9 Å². The van der Waals surface area contributed by atoms with E-state index in [4.69, 9.17) is 25.1 Å². The number of ether oxygens (including phenoxy) is 3. The number of aliphatic carboxylic acids is 2. The Labute approximate surface area is 620 Å². The van der Waals surface area contributed by atoms with Crippen molar-refractivity contribution in [3.63, 3.8) is 0 Å². The van der Waals surface area contributed by atoms with Crippen LogP contribution in [0.3, 0.4) is 0 Å². The highest BCUT2D eigenvalue weighted by Gasteiger charge is 2.64. The van der Waals surface area contributed by atoms with Crippen molar-refractivity contribution in [1.29, 1.82) is 0 Å². The molecule has 5 aromatic carbocycles. The fourth-order valence-electron chi connectivity index (χ4n) is 18.2. The number of hydrogen-bond acceptors (Lipinski definition) is 18. The zero-order valence-electron chi connectivity index (χ0n) is 64.2. The van der Waals surface area contributed by atoms with Gasteiger partial charge < -0.3 is 81.2 Å². The molecule has 4 aliphatic carbocycles. The summed E-state index contributed by atoms with van der Waals surface area (Å²) in [5, 5.41) is 117. The summed E-state index contributed by atoms with van der Waals surface area (Å²) < 4.78 is 18.0. The van der Waals surface area contributed by atoms with Gasteiger partial charge in [-0.1, -0.05) is 99.8 Å². The molecule has 20 heteroatoms. The number of carbonyl (C=O) groups excluding carboxylic acids is 2. The minimum absolute atomic E-state index is 0.00501. The maximum Gasteiger partial charge on any atom is 0.338 e. The van der Waals surface area contributed by atoms with Gasteiger partial charge in [0.1, 0.15) is 34.7 Å². The largest absolute Gasteiger partial charge is 0.508 e. The first-order valence-electron chi connectivity index (χ1n) is 38.2. The van der Waals surface area contributed by atoms with Gasteiger partial charge in [0.15, 0.2) is 57.9 Å². The maximum atomic E-state index is 13.2. The van der Waals surface area contributed by atoms with E-state index in [2.05, 4.69) is 83.1 Å². The molecule has 3 saturated carbocycles. The number of unbranched alkanes of at least 4 members (excludes halogenated alkanes) is 2. The van der Waals surface area contributed by atoms with Crippen molar-refractivity contribution >= 4 is 23.7 Å². The first-order chi connectivity index (χ1) is 49.2. The summed E-state index contributed by atoms with van der Waals surface area (Å²) in [5.74, 6) is -3.13. The van der Waals surface area contributed by atoms with Gasteiger partial charge in [-0.3, -0.25) is 14.4 Å². The van der Waals surface area contributed by atoms with Crippen molar-refractivity contribution in [3.05, 3.63) is 104 Å². The third kappa shape index (κ3) is 18.6. The molecule has 12 atom stereocenters. The number of esters is 1. The molecule has 0 bridgehead atoms. The van der Waals surface area contributed by atoms with Crippen molar-refractivity contribution in [1.82, 2.24) is 0 Å². The number of phenols is 10. The molecule has 0 saturated heterocycles. The van der Waals surface area contributed by atoms with Crippen LogP contribution in [0.2, 0.25) is 0 Å². The zero-order chi connectivity index (χ0) is 77.6. The minimum Gasteiger partial charge on any atom is -0.508 e. The fourth-order valence-corrected chi connectivity index (χ4v) is 18.2. The van der Waals surface area contributed by atoms with Gasteiger partial charge in [0.25, 0.3) is 0 Å². The number of aromatic hydroxyl groups is 10. The van der Waals surface area contributed by atoms with E-state index in [0.717, 1.165) is 118 Å². The van der Waals surface area contributed by atoms with E-state index in [0.29, 0.717) is 36.8 Å². The molecule has 5 aromatic rings. The highest BCUT2D eigenvalue weighted by atomic mass is 16.6. The van der Waals surface area contributed by atoms with Gasteiger partial charge in [0.2, 0.25) is 0 Å². The van der Waals surface area contributed by atoms with Crippen LogP contribution in [0.5, 0.6) is 69.0 Å². The summed E-state index contributed by atoms with van der Waals surface area (Å²) in [5.41, 5.74) is 13.0. The third-order valence-corrected chi connectivity index (χ3v) is 25.4. The lowest BCUT2D eigenvalue weighted by molar-refractivity contribution is -0.176. The van der Waals surface area contributed by atoms with Crippen LogP contribution >= 0.6 is 0 Å². The van der Waals surface area contributed by atoms with E-state index < -0.39 is 70.0 Å². The Bertz CT molecular complexity index is 3910. The molecule has 0 aromatic heterocycles. The van der Waals surface area contributed by atoms with Crippen molar-refractivity contribution in [2.24, 2.45) is 57.5 Å². The quantitative estimate of drug-likeness (QED) is 0.0184. The monoisotopic (exact) mass is 1460 g/mol. The zero-order valence-corrected chi connectivity index (χ0v) is 64.2. The summed E-state index contributed by atoms with van der Waals surface area (Å²) >= 11 is 0. The topological polar surface area (TPSA) is 365 Å². The number of Topliss-reactive ketones (excluding diaryl/α,β-unsaturated/α-hetero) is 1. The lowest BCUT2D eigenvalue weighted by Gasteiger charge is -2.67. The second kappa shape index (κ2) is 33.7. The van der Waals surface area contributed by atoms with Crippen LogP contribution in [0.25, 0.3) is 0 Å². The number of benzene rings is 5. The second-order valence-electron chi connectivity index (χ2n) is 33.6. The predicted octanol–water partition coefficient (Wildman–Crippen LogP) is 17.9. The number of carboxylic acid groups (broad SMARTS) is 2. The molecule has 2 aliphatic heterocycles. The van der Waals surface area contributed by atoms with Gasteiger partial charge in [-0.2, -0.15) is 0 Å². The maximum absolute atomic E-state index is 13.2. The Hall–Kier alpha value is -8.26. The second-order valence-corrected chi connectivity index (χ2v) is 33.6. The Morgan fingerprint density at radius 1 is 0.590 bits per heavy atom. The summed E-state index contributed by atoms with van der Waals surface area (Å²) in [6.45, 7) is 30.6. The molecule has 0 amide bonds. The summed E-state index contributed by atoms with van der Waals surface area (Å²) in [6.07, 6.45) is 21.9. The molecule has 0 radical (unpaired) electrons. The van der Waals surface area contributed by atoms with E-state index in [9.17, 15) is 75.3 Å². The molecule has 7 unspecified atom stereocenters. The van der Waals surface area contributed by atoms with Gasteiger partial charge in [0, 0.05) is 48.1 Å². The number of carboxylic acids is 2.